The van der Waals surface area contributed by atoms with Gasteiger partial charge in [-0.3, -0.25) is 0 Å². The first kappa shape index (κ1) is 17.0. The third-order valence-corrected chi connectivity index (χ3v) is 6.18. The molecule has 0 aliphatic heterocycles. The molecule has 0 radical (unpaired) electrons. The van der Waals surface area contributed by atoms with E-state index < -0.39 is 11.8 Å². The Balaban J connectivity index is 1.66. The van der Waals surface area contributed by atoms with Crippen molar-refractivity contribution >= 4 is 0 Å². The molecule has 130 valence electrons. The highest BCUT2D eigenvalue weighted by Gasteiger charge is 2.59. The van der Waals surface area contributed by atoms with E-state index in [1.807, 2.05) is 0 Å². The van der Waals surface area contributed by atoms with Crippen LogP contribution in [0.3, 0.4) is 0 Å². The van der Waals surface area contributed by atoms with Crippen molar-refractivity contribution in [1.29, 1.82) is 0 Å². The van der Waals surface area contributed by atoms with E-state index in [1.54, 1.807) is 0 Å². The first-order valence-electron chi connectivity index (χ1n) is 9.02. The van der Waals surface area contributed by atoms with Crippen LogP contribution in [0.5, 0.6) is 0 Å². The number of halogens is 4. The van der Waals surface area contributed by atoms with E-state index in [1.165, 1.54) is 44.6 Å². The molecule has 0 nitrogen and oxygen atoms in total. The van der Waals surface area contributed by atoms with Crippen molar-refractivity contribution in [1.82, 2.24) is 0 Å². The highest BCUT2D eigenvalue weighted by molar-refractivity contribution is 5.41. The Labute approximate surface area is 136 Å². The zero-order valence-corrected chi connectivity index (χ0v) is 13.8. The van der Waals surface area contributed by atoms with Crippen molar-refractivity contribution in [3.05, 3.63) is 23.3 Å². The van der Waals surface area contributed by atoms with E-state index in [0.29, 0.717) is 36.3 Å². The van der Waals surface area contributed by atoms with Gasteiger partial charge in [-0.2, -0.15) is 17.6 Å². The maximum Gasteiger partial charge on any atom is 0.335 e. The molecule has 0 amide bonds. The number of rotatable bonds is 3. The zero-order valence-electron chi connectivity index (χ0n) is 13.8. The summed E-state index contributed by atoms with van der Waals surface area (Å²) in [6, 6.07) is 0. The van der Waals surface area contributed by atoms with Gasteiger partial charge < -0.3 is 0 Å². The SMILES string of the molecule is CCCC1CCC(C2CCC3=C(C=CC(F)(F)C3(F)F)C2)CC1. The summed E-state index contributed by atoms with van der Waals surface area (Å²) in [6.07, 6.45) is 10.3. The molecule has 0 heterocycles. The van der Waals surface area contributed by atoms with E-state index in [-0.39, 0.29) is 12.0 Å². The van der Waals surface area contributed by atoms with Crippen LogP contribution in [0.2, 0.25) is 0 Å². The van der Waals surface area contributed by atoms with E-state index >= 15 is 0 Å². The Hall–Kier alpha value is -0.800. The first-order valence-corrected chi connectivity index (χ1v) is 9.02. The van der Waals surface area contributed by atoms with Gasteiger partial charge in [0.15, 0.2) is 0 Å². The van der Waals surface area contributed by atoms with Crippen LogP contribution in [0.4, 0.5) is 17.6 Å². The Morgan fingerprint density at radius 3 is 2.35 bits per heavy atom. The molecule has 3 rings (SSSR count). The molecule has 3 aliphatic carbocycles. The molecule has 1 unspecified atom stereocenters. The summed E-state index contributed by atoms with van der Waals surface area (Å²) in [5, 5.41) is 0. The van der Waals surface area contributed by atoms with Gasteiger partial charge in [-0.15, -0.1) is 0 Å². The molecule has 0 spiro atoms. The van der Waals surface area contributed by atoms with Gasteiger partial charge in [-0.25, -0.2) is 0 Å². The summed E-state index contributed by atoms with van der Waals surface area (Å²) in [5.74, 6) is -6.23. The third kappa shape index (κ3) is 3.10. The molecule has 0 N–H and O–H groups in total. The topological polar surface area (TPSA) is 0 Å². The van der Waals surface area contributed by atoms with Crippen molar-refractivity contribution in [2.24, 2.45) is 17.8 Å². The number of alkyl halides is 4. The fraction of sp³-hybridized carbons (Fsp3) is 0.789. The van der Waals surface area contributed by atoms with Crippen LogP contribution in [-0.2, 0) is 0 Å². The quantitative estimate of drug-likeness (QED) is 0.516. The minimum Gasteiger partial charge on any atom is -0.195 e. The van der Waals surface area contributed by atoms with Crippen molar-refractivity contribution in [3.8, 4) is 0 Å². The summed E-state index contributed by atoms with van der Waals surface area (Å²) in [4.78, 5) is 0. The molecular formula is C19H26F4. The molecule has 0 aromatic heterocycles. The summed E-state index contributed by atoms with van der Waals surface area (Å²) in [6.45, 7) is 2.21. The van der Waals surface area contributed by atoms with E-state index in [4.69, 9.17) is 0 Å². The Bertz CT molecular complexity index is 495. The lowest BCUT2D eigenvalue weighted by molar-refractivity contribution is -0.159. The van der Waals surface area contributed by atoms with Crippen LogP contribution in [0.25, 0.3) is 0 Å². The van der Waals surface area contributed by atoms with Crippen LogP contribution < -0.4 is 0 Å². The molecule has 0 bridgehead atoms. The predicted molar refractivity (Wildman–Crippen MR) is 83.8 cm³/mol. The van der Waals surface area contributed by atoms with Crippen LogP contribution in [0, 0.1) is 17.8 Å². The normalized spacial score (nSPS) is 36.0. The van der Waals surface area contributed by atoms with Crippen LogP contribution in [0.1, 0.15) is 64.7 Å². The number of allylic oxidation sites excluding steroid dienone is 4. The maximum atomic E-state index is 14.0. The second kappa shape index (κ2) is 6.25. The summed E-state index contributed by atoms with van der Waals surface area (Å²) < 4.78 is 54.8. The second-order valence-corrected chi connectivity index (χ2v) is 7.61. The number of hydrogen-bond donors (Lipinski definition) is 0. The lowest BCUT2D eigenvalue weighted by atomic mass is 9.67. The van der Waals surface area contributed by atoms with Gasteiger partial charge in [-0.05, 0) is 61.5 Å². The molecule has 1 atom stereocenters. The van der Waals surface area contributed by atoms with Crippen LogP contribution >= 0.6 is 0 Å². The van der Waals surface area contributed by atoms with Crippen molar-refractivity contribution in [3.63, 3.8) is 0 Å². The Morgan fingerprint density at radius 2 is 1.70 bits per heavy atom. The monoisotopic (exact) mass is 330 g/mol. The molecule has 23 heavy (non-hydrogen) atoms. The molecule has 4 heteroatoms. The van der Waals surface area contributed by atoms with Gasteiger partial charge in [0, 0.05) is 5.57 Å². The summed E-state index contributed by atoms with van der Waals surface area (Å²) in [5.41, 5.74) is 0.175. The van der Waals surface area contributed by atoms with Crippen molar-refractivity contribution in [2.45, 2.75) is 76.6 Å². The molecule has 0 saturated heterocycles. The lowest BCUT2D eigenvalue weighted by Crippen LogP contribution is -2.44. The van der Waals surface area contributed by atoms with Crippen LogP contribution in [0.15, 0.2) is 23.3 Å². The zero-order chi connectivity index (χ0) is 16.7. The highest BCUT2D eigenvalue weighted by Crippen LogP contribution is 2.52. The van der Waals surface area contributed by atoms with E-state index in [0.717, 1.165) is 5.92 Å². The second-order valence-electron chi connectivity index (χ2n) is 7.61. The van der Waals surface area contributed by atoms with Gasteiger partial charge in [0.1, 0.15) is 0 Å². The average molecular weight is 330 g/mol. The number of hydrogen-bond acceptors (Lipinski definition) is 0. The fourth-order valence-corrected chi connectivity index (χ4v) is 4.80. The molecule has 0 aromatic rings. The van der Waals surface area contributed by atoms with E-state index in [9.17, 15) is 17.6 Å². The highest BCUT2D eigenvalue weighted by atomic mass is 19.3. The lowest BCUT2D eigenvalue weighted by Gasteiger charge is -2.40. The Kier molecular flexibility index (Phi) is 4.63. The third-order valence-electron chi connectivity index (χ3n) is 6.18. The van der Waals surface area contributed by atoms with Gasteiger partial charge in [-0.1, -0.05) is 38.7 Å². The maximum absolute atomic E-state index is 14.0. The summed E-state index contributed by atoms with van der Waals surface area (Å²) in [7, 11) is 0. The summed E-state index contributed by atoms with van der Waals surface area (Å²) >= 11 is 0. The predicted octanol–water partition coefficient (Wildman–Crippen LogP) is 6.53. The van der Waals surface area contributed by atoms with Gasteiger partial charge in [0.25, 0.3) is 0 Å². The molecule has 1 saturated carbocycles. The van der Waals surface area contributed by atoms with Gasteiger partial charge in [0.05, 0.1) is 0 Å². The average Bonchev–Trinajstić information content (AvgIpc) is 2.52. The Morgan fingerprint density at radius 1 is 1.00 bits per heavy atom. The van der Waals surface area contributed by atoms with E-state index in [2.05, 4.69) is 6.92 Å². The standard InChI is InChI=1S/C19H26F4/c1-2-3-13-4-6-14(7-5-13)15-8-9-17-16(12-15)10-11-18(20,21)19(17,22)23/h10-11,13-15H,2-9,12H2,1H3. The fourth-order valence-electron chi connectivity index (χ4n) is 4.80. The van der Waals surface area contributed by atoms with Gasteiger partial charge in [0.2, 0.25) is 0 Å². The van der Waals surface area contributed by atoms with Crippen LogP contribution in [-0.4, -0.2) is 11.8 Å². The first-order chi connectivity index (χ1) is 10.8. The smallest absolute Gasteiger partial charge is 0.195 e. The van der Waals surface area contributed by atoms with Gasteiger partial charge >= 0.3 is 11.8 Å². The molecule has 1 fully saturated rings. The van der Waals surface area contributed by atoms with Crippen molar-refractivity contribution < 1.29 is 17.6 Å². The molecular weight excluding hydrogens is 304 g/mol. The minimum atomic E-state index is -4.03. The molecule has 3 aliphatic rings. The largest absolute Gasteiger partial charge is 0.335 e. The molecule has 0 aromatic carbocycles. The van der Waals surface area contributed by atoms with Crippen molar-refractivity contribution in [2.75, 3.05) is 0 Å². The minimum absolute atomic E-state index is 0.127.